The van der Waals surface area contributed by atoms with Crippen molar-refractivity contribution in [2.75, 3.05) is 6.61 Å². The third-order valence-corrected chi connectivity index (χ3v) is 6.41. The SMILES string of the molecule is CCOC(=O)CC[C@]12CC[C@H]3[C@H](C)CC[C@H]4CC(=O)O[C@H](O1)[C@]43OO2. The predicted octanol–water partition coefficient (Wildman–Crippen LogP) is 2.47. The zero-order valence-electron chi connectivity index (χ0n) is 14.8. The quantitative estimate of drug-likeness (QED) is 0.567. The molecule has 4 aliphatic heterocycles. The van der Waals surface area contributed by atoms with Gasteiger partial charge in [-0.1, -0.05) is 6.92 Å². The Morgan fingerprint density at radius 3 is 2.92 bits per heavy atom. The predicted molar refractivity (Wildman–Crippen MR) is 83.7 cm³/mol. The number of esters is 2. The van der Waals surface area contributed by atoms with Crippen molar-refractivity contribution >= 4 is 11.9 Å². The Bertz CT molecular complexity index is 560. The Balaban J connectivity index is 1.60. The van der Waals surface area contributed by atoms with Crippen molar-refractivity contribution in [2.24, 2.45) is 17.8 Å². The first-order chi connectivity index (χ1) is 12.0. The summed E-state index contributed by atoms with van der Waals surface area (Å²) in [5.41, 5.74) is -0.713. The summed E-state index contributed by atoms with van der Waals surface area (Å²) in [6.45, 7) is 4.33. The highest BCUT2D eigenvalue weighted by Crippen LogP contribution is 2.59. The van der Waals surface area contributed by atoms with Gasteiger partial charge in [0.2, 0.25) is 12.1 Å². The van der Waals surface area contributed by atoms with E-state index in [1.807, 2.05) is 0 Å². The Hall–Kier alpha value is -1.18. The molecule has 5 fully saturated rings. The van der Waals surface area contributed by atoms with Crippen LogP contribution >= 0.6 is 0 Å². The number of carbonyl (C=O) groups excluding carboxylic acids is 2. The number of ether oxygens (including phenoxy) is 3. The van der Waals surface area contributed by atoms with Crippen molar-refractivity contribution in [3.8, 4) is 0 Å². The maximum Gasteiger partial charge on any atom is 0.308 e. The van der Waals surface area contributed by atoms with E-state index in [-0.39, 0.29) is 30.2 Å². The molecule has 1 spiro atoms. The fourth-order valence-corrected chi connectivity index (χ4v) is 5.11. The van der Waals surface area contributed by atoms with E-state index < -0.39 is 17.7 Å². The van der Waals surface area contributed by atoms with E-state index in [9.17, 15) is 9.59 Å². The van der Waals surface area contributed by atoms with Crippen LogP contribution in [0.1, 0.15) is 58.8 Å². The van der Waals surface area contributed by atoms with Gasteiger partial charge in [0, 0.05) is 24.7 Å². The van der Waals surface area contributed by atoms with Crippen LogP contribution < -0.4 is 0 Å². The van der Waals surface area contributed by atoms with Crippen LogP contribution in [-0.2, 0) is 33.6 Å². The molecule has 25 heavy (non-hydrogen) atoms. The van der Waals surface area contributed by atoms with Gasteiger partial charge in [-0.3, -0.25) is 9.59 Å². The number of rotatable bonds is 4. The van der Waals surface area contributed by atoms with E-state index >= 15 is 0 Å². The molecule has 0 unspecified atom stereocenters. The van der Waals surface area contributed by atoms with Crippen LogP contribution in [0.2, 0.25) is 0 Å². The summed E-state index contributed by atoms with van der Waals surface area (Å²) in [5, 5.41) is 0. The van der Waals surface area contributed by atoms with E-state index in [1.165, 1.54) is 0 Å². The monoisotopic (exact) mass is 354 g/mol. The maximum atomic E-state index is 12.1. The van der Waals surface area contributed by atoms with Gasteiger partial charge in [-0.2, -0.15) is 0 Å². The zero-order valence-corrected chi connectivity index (χ0v) is 14.8. The van der Waals surface area contributed by atoms with Crippen LogP contribution in [0.15, 0.2) is 0 Å². The second-order valence-corrected chi connectivity index (χ2v) is 7.78. The molecule has 0 aromatic heterocycles. The first kappa shape index (κ1) is 17.2. The van der Waals surface area contributed by atoms with E-state index in [0.717, 1.165) is 19.3 Å². The van der Waals surface area contributed by atoms with Crippen LogP contribution in [0, 0.1) is 17.8 Å². The average Bonchev–Trinajstić information content (AvgIpc) is 2.83. The molecular formula is C18H26O7. The van der Waals surface area contributed by atoms with E-state index in [1.54, 1.807) is 6.92 Å². The maximum absolute atomic E-state index is 12.1. The van der Waals surface area contributed by atoms with Crippen LogP contribution in [0.3, 0.4) is 0 Å². The molecule has 4 heterocycles. The molecule has 1 saturated carbocycles. The Morgan fingerprint density at radius 1 is 1.28 bits per heavy atom. The van der Waals surface area contributed by atoms with E-state index in [2.05, 4.69) is 6.92 Å². The molecule has 0 N–H and O–H groups in total. The minimum absolute atomic E-state index is 0.0566. The van der Waals surface area contributed by atoms with Gasteiger partial charge in [-0.25, -0.2) is 9.78 Å². The molecular weight excluding hydrogens is 328 g/mol. The molecule has 0 aromatic rings. The van der Waals surface area contributed by atoms with Crippen LogP contribution in [-0.4, -0.2) is 36.2 Å². The van der Waals surface area contributed by atoms with Gasteiger partial charge in [0.25, 0.3) is 0 Å². The van der Waals surface area contributed by atoms with Crippen molar-refractivity contribution in [3.05, 3.63) is 0 Å². The summed E-state index contributed by atoms with van der Waals surface area (Å²) in [6.07, 6.45) is 3.55. The summed E-state index contributed by atoms with van der Waals surface area (Å²) in [5.74, 6) is -0.871. The topological polar surface area (TPSA) is 80.3 Å². The van der Waals surface area contributed by atoms with Gasteiger partial charge in [0.15, 0.2) is 5.60 Å². The van der Waals surface area contributed by atoms with E-state index in [4.69, 9.17) is 24.0 Å². The second-order valence-electron chi connectivity index (χ2n) is 7.78. The fourth-order valence-electron chi connectivity index (χ4n) is 5.11. The zero-order chi connectivity index (χ0) is 17.7. The number of hydrogen-bond acceptors (Lipinski definition) is 7. The number of carbonyl (C=O) groups is 2. The highest BCUT2D eigenvalue weighted by molar-refractivity contribution is 5.71. The molecule has 2 bridgehead atoms. The molecule has 1 aliphatic carbocycles. The van der Waals surface area contributed by atoms with Crippen molar-refractivity contribution in [1.29, 1.82) is 0 Å². The smallest absolute Gasteiger partial charge is 0.308 e. The minimum Gasteiger partial charge on any atom is -0.466 e. The molecule has 5 rings (SSSR count). The van der Waals surface area contributed by atoms with Crippen molar-refractivity contribution in [1.82, 2.24) is 0 Å². The molecule has 7 nitrogen and oxygen atoms in total. The Morgan fingerprint density at radius 2 is 2.12 bits per heavy atom. The van der Waals surface area contributed by atoms with Crippen LogP contribution in [0.5, 0.6) is 0 Å². The molecule has 0 radical (unpaired) electrons. The van der Waals surface area contributed by atoms with Crippen LogP contribution in [0.4, 0.5) is 0 Å². The molecule has 7 heteroatoms. The summed E-state index contributed by atoms with van der Waals surface area (Å²) in [4.78, 5) is 35.6. The van der Waals surface area contributed by atoms with Crippen molar-refractivity contribution < 1.29 is 33.6 Å². The Kier molecular flexibility index (Phi) is 4.29. The van der Waals surface area contributed by atoms with E-state index in [0.29, 0.717) is 31.8 Å². The Labute approximate surface area is 147 Å². The lowest BCUT2D eigenvalue weighted by Gasteiger charge is -2.56. The van der Waals surface area contributed by atoms with Crippen molar-refractivity contribution in [3.63, 3.8) is 0 Å². The van der Waals surface area contributed by atoms with Gasteiger partial charge in [0.1, 0.15) is 0 Å². The molecule has 5 aliphatic rings. The third-order valence-electron chi connectivity index (χ3n) is 6.41. The molecule has 140 valence electrons. The first-order valence-electron chi connectivity index (χ1n) is 9.39. The van der Waals surface area contributed by atoms with Gasteiger partial charge in [-0.05, 0) is 32.1 Å². The summed E-state index contributed by atoms with van der Waals surface area (Å²) in [6, 6.07) is 0. The molecule has 6 atom stereocenters. The highest BCUT2D eigenvalue weighted by atomic mass is 17.3. The summed E-state index contributed by atoms with van der Waals surface area (Å²) in [7, 11) is 0. The summed E-state index contributed by atoms with van der Waals surface area (Å²) < 4.78 is 16.8. The second kappa shape index (κ2) is 6.21. The molecule has 4 saturated heterocycles. The van der Waals surface area contributed by atoms with Gasteiger partial charge < -0.3 is 14.2 Å². The average molecular weight is 354 g/mol. The summed E-state index contributed by atoms with van der Waals surface area (Å²) >= 11 is 0. The molecule has 0 aromatic carbocycles. The van der Waals surface area contributed by atoms with Crippen LogP contribution in [0.25, 0.3) is 0 Å². The van der Waals surface area contributed by atoms with Gasteiger partial charge in [-0.15, -0.1) is 0 Å². The number of hydrogen-bond donors (Lipinski definition) is 0. The largest absolute Gasteiger partial charge is 0.466 e. The third kappa shape index (κ3) is 2.67. The standard InChI is InChI=1S/C18H26O7/c1-3-21-14(19)7-9-17-8-6-13-11(2)4-5-12-10-15(20)22-16(23-17)18(12,13)25-24-17/h11-13,16H,3-10H2,1-2H3/t11-,12+,13+,16-,17-,18+/m1/s1. The number of fused-ring (bicyclic) bond motifs is 2. The van der Waals surface area contributed by atoms with Gasteiger partial charge >= 0.3 is 11.9 Å². The van der Waals surface area contributed by atoms with Crippen molar-refractivity contribution in [2.45, 2.75) is 76.5 Å². The normalized spacial score (nSPS) is 45.3. The lowest BCUT2D eigenvalue weighted by Crippen LogP contribution is -2.68. The molecule has 0 amide bonds. The fraction of sp³-hybridized carbons (Fsp3) is 0.889. The lowest BCUT2D eigenvalue weighted by atomic mass is 9.60. The first-order valence-corrected chi connectivity index (χ1v) is 9.39. The van der Waals surface area contributed by atoms with Gasteiger partial charge in [0.05, 0.1) is 19.4 Å². The lowest BCUT2D eigenvalue weighted by molar-refractivity contribution is -0.561. The minimum atomic E-state index is -1.05. The highest BCUT2D eigenvalue weighted by Gasteiger charge is 2.69.